The van der Waals surface area contributed by atoms with Crippen LogP contribution in [0.3, 0.4) is 0 Å². The van der Waals surface area contributed by atoms with Crippen LogP contribution in [0.2, 0.25) is 0 Å². The van der Waals surface area contributed by atoms with Gasteiger partial charge in [0.2, 0.25) is 0 Å². The van der Waals surface area contributed by atoms with Gasteiger partial charge in [0.05, 0.1) is 18.5 Å². The third-order valence-electron chi connectivity index (χ3n) is 2.73. The van der Waals surface area contributed by atoms with Gasteiger partial charge in [-0.05, 0) is 38.1 Å². The number of nitrogens with one attached hydrogen (secondary N) is 2. The van der Waals surface area contributed by atoms with Crippen LogP contribution in [0.1, 0.15) is 33.5 Å². The van der Waals surface area contributed by atoms with E-state index in [-0.39, 0.29) is 5.69 Å². The first kappa shape index (κ1) is 15.4. The van der Waals surface area contributed by atoms with Crippen LogP contribution >= 0.6 is 0 Å². The Morgan fingerprint density at radius 3 is 2.32 bits per heavy atom. The molecule has 0 radical (unpaired) electrons. The molecule has 2 amide bonds. The molecular formula is C15H16N4O3. The number of rotatable bonds is 4. The van der Waals surface area contributed by atoms with E-state index in [0.717, 1.165) is 0 Å². The van der Waals surface area contributed by atoms with Crippen molar-refractivity contribution in [2.75, 3.05) is 6.61 Å². The zero-order valence-corrected chi connectivity index (χ0v) is 12.3. The molecule has 0 fully saturated rings. The average Bonchev–Trinajstić information content (AvgIpc) is 2.54. The van der Waals surface area contributed by atoms with Crippen molar-refractivity contribution in [3.8, 4) is 5.75 Å². The van der Waals surface area contributed by atoms with Crippen molar-refractivity contribution in [1.82, 2.24) is 20.8 Å². The molecule has 0 bridgehead atoms. The number of nitrogens with zero attached hydrogens (tertiary/aromatic N) is 2. The van der Waals surface area contributed by atoms with Crippen LogP contribution in [0.5, 0.6) is 5.75 Å². The normalized spacial score (nSPS) is 9.91. The summed E-state index contributed by atoms with van der Waals surface area (Å²) < 4.78 is 5.29. The van der Waals surface area contributed by atoms with E-state index in [1.54, 1.807) is 31.2 Å². The van der Waals surface area contributed by atoms with E-state index < -0.39 is 11.8 Å². The van der Waals surface area contributed by atoms with Crippen molar-refractivity contribution in [2.45, 2.75) is 13.8 Å². The van der Waals surface area contributed by atoms with E-state index in [4.69, 9.17) is 4.74 Å². The van der Waals surface area contributed by atoms with Crippen molar-refractivity contribution in [2.24, 2.45) is 0 Å². The van der Waals surface area contributed by atoms with Gasteiger partial charge >= 0.3 is 0 Å². The second kappa shape index (κ2) is 7.16. The number of carbonyl (C=O) groups is 2. The Balaban J connectivity index is 1.91. The number of hydrogen-bond acceptors (Lipinski definition) is 5. The van der Waals surface area contributed by atoms with Gasteiger partial charge in [-0.15, -0.1) is 0 Å². The van der Waals surface area contributed by atoms with Gasteiger partial charge in [0.25, 0.3) is 11.8 Å². The number of hydrazine groups is 1. The predicted octanol–water partition coefficient (Wildman–Crippen LogP) is 1.26. The lowest BCUT2D eigenvalue weighted by atomic mass is 10.2. The summed E-state index contributed by atoms with van der Waals surface area (Å²) in [6, 6.07) is 6.59. The molecule has 2 aromatic rings. The van der Waals surface area contributed by atoms with E-state index in [1.165, 1.54) is 12.4 Å². The highest BCUT2D eigenvalue weighted by Crippen LogP contribution is 2.11. The van der Waals surface area contributed by atoms with Gasteiger partial charge in [0, 0.05) is 11.8 Å². The molecule has 0 aliphatic carbocycles. The first-order valence-corrected chi connectivity index (χ1v) is 6.72. The highest BCUT2D eigenvalue weighted by atomic mass is 16.5. The number of aryl methyl sites for hydroxylation is 1. The Kier molecular flexibility index (Phi) is 5.02. The summed E-state index contributed by atoms with van der Waals surface area (Å²) in [6.07, 6.45) is 2.82. The van der Waals surface area contributed by atoms with Crippen LogP contribution in [0.15, 0.2) is 36.7 Å². The SMILES string of the molecule is CCOc1ccc(C(=O)NNC(=O)c2cnc(C)cn2)cc1. The number of carbonyl (C=O) groups excluding carboxylic acids is 2. The van der Waals surface area contributed by atoms with Crippen LogP contribution in [-0.4, -0.2) is 28.4 Å². The predicted molar refractivity (Wildman–Crippen MR) is 79.3 cm³/mol. The summed E-state index contributed by atoms with van der Waals surface area (Å²) in [7, 11) is 0. The Morgan fingerprint density at radius 1 is 1.05 bits per heavy atom. The maximum Gasteiger partial charge on any atom is 0.289 e. The highest BCUT2D eigenvalue weighted by Gasteiger charge is 2.10. The highest BCUT2D eigenvalue weighted by molar-refractivity contribution is 5.98. The lowest BCUT2D eigenvalue weighted by Gasteiger charge is -2.08. The van der Waals surface area contributed by atoms with Crippen LogP contribution in [0, 0.1) is 6.92 Å². The summed E-state index contributed by atoms with van der Waals surface area (Å²) in [4.78, 5) is 31.6. The molecule has 0 unspecified atom stereocenters. The zero-order valence-electron chi connectivity index (χ0n) is 12.3. The molecule has 0 aliphatic heterocycles. The molecule has 0 saturated heterocycles. The van der Waals surface area contributed by atoms with Gasteiger partial charge < -0.3 is 4.74 Å². The molecule has 114 valence electrons. The average molecular weight is 300 g/mol. The van der Waals surface area contributed by atoms with Crippen molar-refractivity contribution in [1.29, 1.82) is 0 Å². The minimum absolute atomic E-state index is 0.123. The maximum absolute atomic E-state index is 11.9. The Bertz CT molecular complexity index is 653. The summed E-state index contributed by atoms with van der Waals surface area (Å²) in [6.45, 7) is 4.20. The fourth-order valence-corrected chi connectivity index (χ4v) is 1.63. The van der Waals surface area contributed by atoms with Crippen LogP contribution in [-0.2, 0) is 0 Å². The van der Waals surface area contributed by atoms with Gasteiger partial charge in [-0.1, -0.05) is 0 Å². The number of aromatic nitrogens is 2. The number of ether oxygens (including phenoxy) is 1. The fourth-order valence-electron chi connectivity index (χ4n) is 1.63. The first-order chi connectivity index (χ1) is 10.6. The third-order valence-corrected chi connectivity index (χ3v) is 2.73. The Morgan fingerprint density at radius 2 is 1.73 bits per heavy atom. The standard InChI is InChI=1S/C15H16N4O3/c1-3-22-12-6-4-11(5-7-12)14(20)18-19-15(21)13-9-16-10(2)8-17-13/h4-9H,3H2,1-2H3,(H,18,20)(H,19,21). The third kappa shape index (κ3) is 4.02. The van der Waals surface area contributed by atoms with Gasteiger partial charge in [-0.25, -0.2) is 4.98 Å². The van der Waals surface area contributed by atoms with Gasteiger partial charge in [-0.2, -0.15) is 0 Å². The topological polar surface area (TPSA) is 93.2 Å². The molecule has 0 atom stereocenters. The molecule has 7 nitrogen and oxygen atoms in total. The van der Waals surface area contributed by atoms with Crippen LogP contribution in [0.25, 0.3) is 0 Å². The molecule has 0 saturated carbocycles. The molecule has 0 aliphatic rings. The van der Waals surface area contributed by atoms with Gasteiger partial charge in [-0.3, -0.25) is 25.4 Å². The first-order valence-electron chi connectivity index (χ1n) is 6.72. The Hall–Kier alpha value is -2.96. The fraction of sp³-hybridized carbons (Fsp3) is 0.200. The minimum atomic E-state index is -0.535. The van der Waals surface area contributed by atoms with E-state index in [9.17, 15) is 9.59 Å². The van der Waals surface area contributed by atoms with Gasteiger partial charge in [0.1, 0.15) is 11.4 Å². The van der Waals surface area contributed by atoms with Crippen molar-refractivity contribution in [3.63, 3.8) is 0 Å². The molecular weight excluding hydrogens is 284 g/mol. The summed E-state index contributed by atoms with van der Waals surface area (Å²) in [5, 5.41) is 0. The molecule has 1 aromatic heterocycles. The second-order valence-corrected chi connectivity index (χ2v) is 4.41. The Labute approximate surface area is 127 Å². The lowest BCUT2D eigenvalue weighted by molar-refractivity contribution is 0.0843. The summed E-state index contributed by atoms with van der Waals surface area (Å²) in [5.74, 6) is -0.290. The molecule has 2 rings (SSSR count). The second-order valence-electron chi connectivity index (χ2n) is 4.41. The summed E-state index contributed by atoms with van der Waals surface area (Å²) >= 11 is 0. The maximum atomic E-state index is 11.9. The molecule has 22 heavy (non-hydrogen) atoms. The number of amides is 2. The zero-order chi connectivity index (χ0) is 15.9. The van der Waals surface area contributed by atoms with E-state index in [0.29, 0.717) is 23.6 Å². The van der Waals surface area contributed by atoms with Crippen molar-refractivity contribution >= 4 is 11.8 Å². The molecule has 7 heteroatoms. The number of hydrogen-bond donors (Lipinski definition) is 2. The van der Waals surface area contributed by atoms with E-state index in [2.05, 4.69) is 20.8 Å². The molecule has 1 aromatic carbocycles. The minimum Gasteiger partial charge on any atom is -0.494 e. The molecule has 1 heterocycles. The quantitative estimate of drug-likeness (QED) is 0.829. The summed E-state index contributed by atoms with van der Waals surface area (Å²) in [5.41, 5.74) is 5.83. The van der Waals surface area contributed by atoms with Gasteiger partial charge in [0.15, 0.2) is 0 Å². The monoisotopic (exact) mass is 300 g/mol. The number of benzene rings is 1. The van der Waals surface area contributed by atoms with Crippen molar-refractivity contribution < 1.29 is 14.3 Å². The molecule has 0 spiro atoms. The van der Waals surface area contributed by atoms with Crippen LogP contribution < -0.4 is 15.6 Å². The molecule has 2 N–H and O–H groups in total. The smallest absolute Gasteiger partial charge is 0.289 e. The van der Waals surface area contributed by atoms with E-state index in [1.807, 2.05) is 6.92 Å². The largest absolute Gasteiger partial charge is 0.494 e. The van der Waals surface area contributed by atoms with Crippen molar-refractivity contribution in [3.05, 3.63) is 53.6 Å². The lowest BCUT2D eigenvalue weighted by Crippen LogP contribution is -2.42. The van der Waals surface area contributed by atoms with E-state index >= 15 is 0 Å². The van der Waals surface area contributed by atoms with Crippen LogP contribution in [0.4, 0.5) is 0 Å².